The molecule has 0 radical (unpaired) electrons. The first-order valence-electron chi connectivity index (χ1n) is 11.1. The lowest BCUT2D eigenvalue weighted by Gasteiger charge is -2.32. The monoisotopic (exact) mass is 516 g/mol. The molecule has 2 N–H and O–H groups in total. The van der Waals surface area contributed by atoms with E-state index in [1.54, 1.807) is 0 Å². The molecule has 2 rings (SSSR count). The number of aliphatic imine (C=N–C) groups is 1. The Morgan fingerprint density at radius 2 is 1.76 bits per heavy atom. The number of benzene rings is 1. The van der Waals surface area contributed by atoms with Crippen molar-refractivity contribution in [2.24, 2.45) is 10.9 Å². The van der Waals surface area contributed by atoms with Crippen molar-refractivity contribution in [1.29, 1.82) is 0 Å². The Morgan fingerprint density at radius 1 is 1.07 bits per heavy atom. The highest BCUT2D eigenvalue weighted by molar-refractivity contribution is 14.0. The zero-order valence-corrected chi connectivity index (χ0v) is 20.7. The van der Waals surface area contributed by atoms with Crippen LogP contribution < -0.4 is 10.6 Å². The van der Waals surface area contributed by atoms with Gasteiger partial charge >= 0.3 is 0 Å². The van der Waals surface area contributed by atoms with Crippen molar-refractivity contribution in [1.82, 2.24) is 15.5 Å². The molecule has 1 aromatic rings. The number of likely N-dealkylation sites (tertiary alicyclic amines) is 1. The highest BCUT2D eigenvalue weighted by Crippen LogP contribution is 2.21. The van der Waals surface area contributed by atoms with Crippen molar-refractivity contribution in [3.63, 3.8) is 0 Å². The van der Waals surface area contributed by atoms with Crippen molar-refractivity contribution in [3.8, 4) is 0 Å². The molecule has 1 saturated heterocycles. The first-order valence-corrected chi connectivity index (χ1v) is 11.1. The van der Waals surface area contributed by atoms with Gasteiger partial charge in [-0.2, -0.15) is 0 Å². The molecule has 0 saturated carbocycles. The number of piperidine rings is 1. The molecule has 0 aliphatic carbocycles. The Labute approximate surface area is 195 Å². The molecule has 29 heavy (non-hydrogen) atoms. The van der Waals surface area contributed by atoms with Gasteiger partial charge in [-0.3, -0.25) is 4.99 Å². The van der Waals surface area contributed by atoms with Crippen molar-refractivity contribution >= 4 is 29.9 Å². The first-order chi connectivity index (χ1) is 13.8. The van der Waals surface area contributed by atoms with Crippen LogP contribution in [0.4, 0.5) is 0 Å². The fourth-order valence-electron chi connectivity index (χ4n) is 3.77. The van der Waals surface area contributed by atoms with Crippen LogP contribution in [0.3, 0.4) is 0 Å². The van der Waals surface area contributed by atoms with Gasteiger partial charge in [0.2, 0.25) is 0 Å². The van der Waals surface area contributed by atoms with Gasteiger partial charge in [0, 0.05) is 33.4 Å². The molecule has 6 heteroatoms. The van der Waals surface area contributed by atoms with Crippen molar-refractivity contribution in [2.75, 3.05) is 53.0 Å². The van der Waals surface area contributed by atoms with E-state index in [1.165, 1.54) is 57.3 Å². The van der Waals surface area contributed by atoms with Crippen LogP contribution in [0.5, 0.6) is 0 Å². The van der Waals surface area contributed by atoms with E-state index in [-0.39, 0.29) is 24.0 Å². The van der Waals surface area contributed by atoms with E-state index in [0.29, 0.717) is 0 Å². The highest BCUT2D eigenvalue weighted by atomic mass is 127. The minimum atomic E-state index is 0. The number of nitrogens with zero attached hydrogens (tertiary/aromatic N) is 2. The van der Waals surface area contributed by atoms with E-state index < -0.39 is 0 Å². The summed E-state index contributed by atoms with van der Waals surface area (Å²) >= 11 is 0. The first kappa shape index (κ1) is 26.2. The standard InChI is InChI=1S/C23H40N4O.HI/c1-3-28-19-9-15-26-23(24-2)25-14-7-8-16-27-17-12-22(13-18-27)20-21-10-5-4-6-11-21;/h4-6,10-11,22H,3,7-9,12-20H2,1-2H3,(H2,24,25,26);1H. The molecule has 166 valence electrons. The van der Waals surface area contributed by atoms with Crippen molar-refractivity contribution in [3.05, 3.63) is 35.9 Å². The van der Waals surface area contributed by atoms with Crippen LogP contribution in [0, 0.1) is 5.92 Å². The lowest BCUT2D eigenvalue weighted by Crippen LogP contribution is -2.39. The van der Waals surface area contributed by atoms with Crippen LogP contribution in [0.2, 0.25) is 0 Å². The Hall–Kier alpha value is -0.860. The second kappa shape index (κ2) is 16.9. The third kappa shape index (κ3) is 11.8. The van der Waals surface area contributed by atoms with Gasteiger partial charge in [0.05, 0.1) is 0 Å². The van der Waals surface area contributed by atoms with Gasteiger partial charge in [-0.05, 0) is 76.6 Å². The Balaban J connectivity index is 0.00000420. The Morgan fingerprint density at radius 3 is 2.41 bits per heavy atom. The van der Waals surface area contributed by atoms with Crippen molar-refractivity contribution < 1.29 is 4.74 Å². The summed E-state index contributed by atoms with van der Waals surface area (Å²) in [7, 11) is 1.83. The second-order valence-corrected chi connectivity index (χ2v) is 7.66. The van der Waals surface area contributed by atoms with E-state index in [2.05, 4.69) is 50.9 Å². The average Bonchev–Trinajstić information content (AvgIpc) is 2.74. The SMILES string of the molecule is CCOCCCNC(=NC)NCCCCN1CCC(Cc2ccccc2)CC1.I. The summed E-state index contributed by atoms with van der Waals surface area (Å²) in [6.45, 7) is 9.25. The number of unbranched alkanes of at least 4 members (excludes halogenated alkanes) is 1. The summed E-state index contributed by atoms with van der Waals surface area (Å²) < 4.78 is 5.35. The number of guanidine groups is 1. The van der Waals surface area contributed by atoms with Crippen LogP contribution >= 0.6 is 24.0 Å². The van der Waals surface area contributed by atoms with Gasteiger partial charge in [-0.1, -0.05) is 30.3 Å². The smallest absolute Gasteiger partial charge is 0.190 e. The van der Waals surface area contributed by atoms with Gasteiger partial charge in [0.1, 0.15) is 0 Å². The second-order valence-electron chi connectivity index (χ2n) is 7.66. The third-order valence-electron chi connectivity index (χ3n) is 5.45. The van der Waals surface area contributed by atoms with E-state index in [0.717, 1.165) is 44.6 Å². The number of rotatable bonds is 12. The minimum Gasteiger partial charge on any atom is -0.382 e. The molecule has 0 bridgehead atoms. The van der Waals surface area contributed by atoms with Crippen LogP contribution in [-0.2, 0) is 11.2 Å². The molecule has 5 nitrogen and oxygen atoms in total. The molecule has 1 aromatic carbocycles. The molecule has 0 unspecified atom stereocenters. The van der Waals surface area contributed by atoms with Crippen LogP contribution in [-0.4, -0.2) is 63.8 Å². The highest BCUT2D eigenvalue weighted by Gasteiger charge is 2.18. The third-order valence-corrected chi connectivity index (χ3v) is 5.45. The lowest BCUT2D eigenvalue weighted by atomic mass is 9.90. The zero-order valence-electron chi connectivity index (χ0n) is 18.4. The quantitative estimate of drug-likeness (QED) is 0.191. The van der Waals surface area contributed by atoms with Gasteiger partial charge < -0.3 is 20.3 Å². The van der Waals surface area contributed by atoms with E-state index in [9.17, 15) is 0 Å². The van der Waals surface area contributed by atoms with Crippen LogP contribution in [0.25, 0.3) is 0 Å². The summed E-state index contributed by atoms with van der Waals surface area (Å²) in [5.41, 5.74) is 1.49. The van der Waals surface area contributed by atoms with Gasteiger partial charge in [0.15, 0.2) is 5.96 Å². The molecule has 0 aromatic heterocycles. The topological polar surface area (TPSA) is 48.9 Å². The summed E-state index contributed by atoms with van der Waals surface area (Å²) in [6.07, 6.45) is 7.36. The number of hydrogen-bond acceptors (Lipinski definition) is 3. The zero-order chi connectivity index (χ0) is 19.9. The van der Waals surface area contributed by atoms with Crippen molar-refractivity contribution in [2.45, 2.75) is 45.4 Å². The molecule has 0 amide bonds. The number of halogens is 1. The van der Waals surface area contributed by atoms with Gasteiger partial charge in [-0.25, -0.2) is 0 Å². The summed E-state index contributed by atoms with van der Waals surface area (Å²) in [4.78, 5) is 6.92. The number of nitrogens with one attached hydrogen (secondary N) is 2. The maximum absolute atomic E-state index is 5.35. The Bertz CT molecular complexity index is 533. The van der Waals surface area contributed by atoms with Crippen LogP contribution in [0.1, 0.15) is 44.6 Å². The van der Waals surface area contributed by atoms with Gasteiger partial charge in [0.25, 0.3) is 0 Å². The summed E-state index contributed by atoms with van der Waals surface area (Å²) in [5.74, 6) is 1.76. The molecule has 0 spiro atoms. The molecule has 1 aliphatic rings. The van der Waals surface area contributed by atoms with Gasteiger partial charge in [-0.15, -0.1) is 24.0 Å². The minimum absolute atomic E-state index is 0. The Kier molecular flexibility index (Phi) is 15.2. The largest absolute Gasteiger partial charge is 0.382 e. The molecule has 1 aliphatic heterocycles. The average molecular weight is 517 g/mol. The maximum Gasteiger partial charge on any atom is 0.190 e. The summed E-state index contributed by atoms with van der Waals surface area (Å²) in [6, 6.07) is 10.9. The maximum atomic E-state index is 5.35. The van der Waals surface area contributed by atoms with Crippen LogP contribution in [0.15, 0.2) is 35.3 Å². The van der Waals surface area contributed by atoms with E-state index >= 15 is 0 Å². The fourth-order valence-corrected chi connectivity index (χ4v) is 3.77. The fraction of sp³-hybridized carbons (Fsp3) is 0.696. The lowest BCUT2D eigenvalue weighted by molar-refractivity contribution is 0.145. The molecule has 0 atom stereocenters. The molecule has 1 heterocycles. The normalized spacial score (nSPS) is 15.7. The number of hydrogen-bond donors (Lipinski definition) is 2. The number of ether oxygens (including phenoxy) is 1. The predicted molar refractivity (Wildman–Crippen MR) is 134 cm³/mol. The van der Waals surface area contributed by atoms with E-state index in [1.807, 2.05) is 14.0 Å². The summed E-state index contributed by atoms with van der Waals surface area (Å²) in [5, 5.41) is 6.75. The predicted octanol–water partition coefficient (Wildman–Crippen LogP) is 3.93. The molecule has 1 fully saturated rings. The molecular weight excluding hydrogens is 475 g/mol. The van der Waals surface area contributed by atoms with E-state index in [4.69, 9.17) is 4.74 Å². The molecular formula is C23H41IN4O.